The number of esters is 1. The van der Waals surface area contributed by atoms with Crippen LogP contribution in [0.25, 0.3) is 0 Å². The zero-order chi connectivity index (χ0) is 23.1. The average molecular weight is 499 g/mol. The maximum Gasteiger partial charge on any atom is 0.325 e. The Morgan fingerprint density at radius 2 is 1.62 bits per heavy atom. The summed E-state index contributed by atoms with van der Waals surface area (Å²) in [4.78, 5) is 37.2. The van der Waals surface area contributed by atoms with Gasteiger partial charge in [0.05, 0.1) is 27.0 Å². The number of anilines is 2. The van der Waals surface area contributed by atoms with Gasteiger partial charge in [0, 0.05) is 5.02 Å². The molecule has 0 atom stereocenters. The summed E-state index contributed by atoms with van der Waals surface area (Å²) in [6, 6.07) is 8.50. The van der Waals surface area contributed by atoms with E-state index in [2.05, 4.69) is 16.0 Å². The van der Waals surface area contributed by atoms with Crippen molar-refractivity contribution in [2.24, 2.45) is 0 Å². The lowest BCUT2D eigenvalue weighted by atomic mass is 9.98. The van der Waals surface area contributed by atoms with Crippen LogP contribution in [-0.2, 0) is 9.53 Å². The Morgan fingerprint density at radius 3 is 2.31 bits per heavy atom. The molecule has 0 radical (unpaired) electrons. The second-order valence-electron chi connectivity index (χ2n) is 7.30. The van der Waals surface area contributed by atoms with E-state index in [9.17, 15) is 14.4 Å². The molecule has 2 aromatic carbocycles. The van der Waals surface area contributed by atoms with Crippen LogP contribution in [0.15, 0.2) is 36.4 Å². The lowest BCUT2D eigenvalue weighted by Crippen LogP contribution is -2.33. The number of carbonyl (C=O) groups is 3. The van der Waals surface area contributed by atoms with Gasteiger partial charge in [0.2, 0.25) is 0 Å². The molecule has 0 bridgehead atoms. The highest BCUT2D eigenvalue weighted by Crippen LogP contribution is 2.30. The van der Waals surface area contributed by atoms with Crippen LogP contribution in [0.2, 0.25) is 15.1 Å². The standard InChI is InChI=1S/C22H22Cl3N3O4/c23-13-9-10-15(21(30)26-12-19(29)32-14-5-2-1-3-6-14)18(11-13)27-22(31)28-20-16(24)7-4-8-17(20)25/h4,7-11,14H,1-3,5-6,12H2,(H,26,30)(H2,27,28,31). The first-order valence-electron chi connectivity index (χ1n) is 10.1. The summed E-state index contributed by atoms with van der Waals surface area (Å²) in [5, 5.41) is 8.45. The minimum Gasteiger partial charge on any atom is -0.461 e. The molecule has 1 aliphatic rings. The molecule has 7 nitrogen and oxygen atoms in total. The normalized spacial score (nSPS) is 13.8. The van der Waals surface area contributed by atoms with Crippen LogP contribution in [-0.4, -0.2) is 30.6 Å². The summed E-state index contributed by atoms with van der Waals surface area (Å²) in [5.41, 5.74) is 0.503. The van der Waals surface area contributed by atoms with Gasteiger partial charge in [-0.2, -0.15) is 0 Å². The molecule has 0 aliphatic heterocycles. The summed E-state index contributed by atoms with van der Waals surface area (Å²) >= 11 is 18.2. The van der Waals surface area contributed by atoms with Gasteiger partial charge in [-0.05, 0) is 56.0 Å². The first kappa shape index (κ1) is 24.2. The van der Waals surface area contributed by atoms with E-state index in [4.69, 9.17) is 39.5 Å². The molecule has 0 unspecified atom stereocenters. The van der Waals surface area contributed by atoms with Gasteiger partial charge in [-0.1, -0.05) is 47.3 Å². The Morgan fingerprint density at radius 1 is 0.938 bits per heavy atom. The van der Waals surface area contributed by atoms with E-state index in [1.54, 1.807) is 18.2 Å². The number of urea groups is 1. The molecule has 1 fully saturated rings. The predicted molar refractivity (Wildman–Crippen MR) is 126 cm³/mol. The first-order chi connectivity index (χ1) is 15.3. The number of rotatable bonds is 6. The largest absolute Gasteiger partial charge is 0.461 e. The molecule has 170 valence electrons. The quantitative estimate of drug-likeness (QED) is 0.432. The number of hydrogen-bond acceptors (Lipinski definition) is 4. The van der Waals surface area contributed by atoms with Crippen LogP contribution in [0, 0.1) is 0 Å². The van der Waals surface area contributed by atoms with Gasteiger partial charge in [-0.15, -0.1) is 0 Å². The Kier molecular flexibility index (Phi) is 8.61. The number of amides is 3. The Balaban J connectivity index is 1.62. The van der Waals surface area contributed by atoms with Crippen LogP contribution < -0.4 is 16.0 Å². The maximum atomic E-state index is 12.6. The fourth-order valence-corrected chi connectivity index (χ4v) is 4.02. The van der Waals surface area contributed by atoms with Crippen LogP contribution in [0.4, 0.5) is 16.2 Å². The van der Waals surface area contributed by atoms with E-state index in [-0.39, 0.29) is 39.6 Å². The summed E-state index contributed by atoms with van der Waals surface area (Å²) in [6.45, 7) is -0.279. The molecule has 0 saturated heterocycles. The second-order valence-corrected chi connectivity index (χ2v) is 8.55. The van der Waals surface area contributed by atoms with Crippen molar-refractivity contribution in [1.29, 1.82) is 0 Å². The lowest BCUT2D eigenvalue weighted by molar-refractivity contribution is -0.149. The summed E-state index contributed by atoms with van der Waals surface area (Å²) in [7, 11) is 0. The van der Waals surface area contributed by atoms with Crippen LogP contribution >= 0.6 is 34.8 Å². The minimum absolute atomic E-state index is 0.0961. The molecule has 1 aliphatic carbocycles. The van der Waals surface area contributed by atoms with Gasteiger partial charge in [-0.3, -0.25) is 9.59 Å². The fraction of sp³-hybridized carbons (Fsp3) is 0.318. The number of carbonyl (C=O) groups excluding carboxylic acids is 3. The van der Waals surface area contributed by atoms with E-state index in [0.717, 1.165) is 32.1 Å². The van der Waals surface area contributed by atoms with Crippen molar-refractivity contribution in [3.8, 4) is 0 Å². The summed E-state index contributed by atoms with van der Waals surface area (Å²) in [5.74, 6) is -1.06. The molecule has 2 aromatic rings. The van der Waals surface area contributed by atoms with E-state index in [1.807, 2.05) is 0 Å². The fourth-order valence-electron chi connectivity index (χ4n) is 3.36. The van der Waals surface area contributed by atoms with Crippen molar-refractivity contribution in [1.82, 2.24) is 5.32 Å². The van der Waals surface area contributed by atoms with E-state index >= 15 is 0 Å². The van der Waals surface area contributed by atoms with Crippen molar-refractivity contribution in [2.75, 3.05) is 17.2 Å². The zero-order valence-electron chi connectivity index (χ0n) is 17.1. The number of halogens is 3. The van der Waals surface area contributed by atoms with Crippen molar-refractivity contribution in [3.63, 3.8) is 0 Å². The smallest absolute Gasteiger partial charge is 0.325 e. The number of ether oxygens (including phenoxy) is 1. The highest BCUT2D eigenvalue weighted by molar-refractivity contribution is 6.40. The predicted octanol–water partition coefficient (Wildman–Crippen LogP) is 5.90. The molecule has 10 heteroatoms. The third-order valence-corrected chi connectivity index (χ3v) is 5.78. The monoisotopic (exact) mass is 497 g/mol. The maximum absolute atomic E-state index is 12.6. The van der Waals surface area contributed by atoms with Gasteiger partial charge in [-0.25, -0.2) is 4.79 Å². The molecular weight excluding hydrogens is 477 g/mol. The second kappa shape index (κ2) is 11.4. The molecule has 0 aromatic heterocycles. The third-order valence-electron chi connectivity index (χ3n) is 4.92. The lowest BCUT2D eigenvalue weighted by Gasteiger charge is -2.21. The number of hydrogen-bond donors (Lipinski definition) is 3. The van der Waals surface area contributed by atoms with E-state index in [1.165, 1.54) is 18.2 Å². The Hall–Kier alpha value is -2.48. The molecule has 3 rings (SSSR count). The zero-order valence-corrected chi connectivity index (χ0v) is 19.3. The van der Waals surface area contributed by atoms with Gasteiger partial charge >= 0.3 is 12.0 Å². The number of para-hydroxylation sites is 1. The van der Waals surface area contributed by atoms with Crippen LogP contribution in [0.3, 0.4) is 0 Å². The molecule has 3 amide bonds. The highest BCUT2D eigenvalue weighted by atomic mass is 35.5. The summed E-state index contributed by atoms with van der Waals surface area (Å²) in [6.07, 6.45) is 4.80. The minimum atomic E-state index is -0.673. The molecular formula is C22H22Cl3N3O4. The molecule has 32 heavy (non-hydrogen) atoms. The molecule has 0 heterocycles. The SMILES string of the molecule is O=C(Nc1cc(Cl)ccc1C(=O)NCC(=O)OC1CCCCC1)Nc1c(Cl)cccc1Cl. The molecule has 3 N–H and O–H groups in total. The van der Waals surface area contributed by atoms with Crippen molar-refractivity contribution >= 4 is 64.1 Å². The molecule has 0 spiro atoms. The molecule has 1 saturated carbocycles. The van der Waals surface area contributed by atoms with Crippen LogP contribution in [0.1, 0.15) is 42.5 Å². The van der Waals surface area contributed by atoms with Crippen molar-refractivity contribution in [2.45, 2.75) is 38.2 Å². The van der Waals surface area contributed by atoms with E-state index in [0.29, 0.717) is 5.02 Å². The van der Waals surface area contributed by atoms with Crippen molar-refractivity contribution < 1.29 is 19.1 Å². The van der Waals surface area contributed by atoms with Gasteiger partial charge in [0.1, 0.15) is 12.6 Å². The van der Waals surface area contributed by atoms with Crippen molar-refractivity contribution in [3.05, 3.63) is 57.0 Å². The highest BCUT2D eigenvalue weighted by Gasteiger charge is 2.20. The summed E-state index contributed by atoms with van der Waals surface area (Å²) < 4.78 is 5.40. The van der Waals surface area contributed by atoms with Gasteiger partial charge < -0.3 is 20.7 Å². The Bertz CT molecular complexity index is 990. The number of benzene rings is 2. The van der Waals surface area contributed by atoms with Crippen LogP contribution in [0.5, 0.6) is 0 Å². The first-order valence-corrected chi connectivity index (χ1v) is 11.3. The average Bonchev–Trinajstić information content (AvgIpc) is 2.75. The third kappa shape index (κ3) is 6.76. The van der Waals surface area contributed by atoms with E-state index < -0.39 is 17.9 Å². The van der Waals surface area contributed by atoms with Gasteiger partial charge in [0.25, 0.3) is 5.91 Å². The topological polar surface area (TPSA) is 96.5 Å². The van der Waals surface area contributed by atoms with Gasteiger partial charge in [0.15, 0.2) is 0 Å². The number of nitrogens with one attached hydrogen (secondary N) is 3. The Labute approximate surface area is 200 Å².